The molecule has 2 amide bonds. The van der Waals surface area contributed by atoms with Crippen LogP contribution in [0.4, 0.5) is 5.82 Å². The molecule has 0 atom stereocenters. The number of nitrogens with one attached hydrogen (secondary N) is 1. The minimum absolute atomic E-state index is 0.00528. The first-order valence-corrected chi connectivity index (χ1v) is 6.01. The Bertz CT molecular complexity index is 390. The second-order valence-corrected chi connectivity index (χ2v) is 3.70. The van der Waals surface area contributed by atoms with Crippen LogP contribution < -0.4 is 5.32 Å². The van der Waals surface area contributed by atoms with Crippen LogP contribution in [0, 0.1) is 0 Å². The SMILES string of the molecule is CCN(CC)C(=O)CCC(=O)Nc1cnccn1. The summed E-state index contributed by atoms with van der Waals surface area (Å²) in [6.07, 6.45) is 4.86. The van der Waals surface area contributed by atoms with Gasteiger partial charge in [-0.05, 0) is 13.8 Å². The zero-order valence-electron chi connectivity index (χ0n) is 10.7. The molecule has 0 aliphatic carbocycles. The lowest BCUT2D eigenvalue weighted by atomic mass is 10.2. The van der Waals surface area contributed by atoms with Gasteiger partial charge in [0.05, 0.1) is 6.20 Å². The highest BCUT2D eigenvalue weighted by Gasteiger charge is 2.12. The maximum Gasteiger partial charge on any atom is 0.226 e. The summed E-state index contributed by atoms with van der Waals surface area (Å²) in [5, 5.41) is 2.59. The van der Waals surface area contributed by atoms with Gasteiger partial charge in [-0.15, -0.1) is 0 Å². The third-order valence-corrected chi connectivity index (χ3v) is 2.51. The van der Waals surface area contributed by atoms with E-state index in [9.17, 15) is 9.59 Å². The summed E-state index contributed by atoms with van der Waals surface area (Å²) in [6.45, 7) is 5.17. The fourth-order valence-electron chi connectivity index (χ4n) is 1.52. The molecule has 0 spiro atoms. The summed E-state index contributed by atoms with van der Waals surface area (Å²) in [7, 11) is 0. The maximum atomic E-state index is 11.7. The molecule has 1 aromatic rings. The fourth-order valence-corrected chi connectivity index (χ4v) is 1.52. The van der Waals surface area contributed by atoms with Gasteiger partial charge in [0, 0.05) is 38.3 Å². The lowest BCUT2D eigenvalue weighted by Gasteiger charge is -2.18. The van der Waals surface area contributed by atoms with Gasteiger partial charge in [-0.1, -0.05) is 0 Å². The standard InChI is InChI=1S/C12H18N4O2/c1-3-16(4-2)12(18)6-5-11(17)15-10-9-13-7-8-14-10/h7-9H,3-6H2,1-2H3,(H,14,15,17). The minimum Gasteiger partial charge on any atom is -0.343 e. The van der Waals surface area contributed by atoms with Crippen LogP contribution in [0.5, 0.6) is 0 Å². The summed E-state index contributed by atoms with van der Waals surface area (Å²) < 4.78 is 0. The Kier molecular flexibility index (Phi) is 5.76. The molecule has 0 bridgehead atoms. The molecule has 1 rings (SSSR count). The van der Waals surface area contributed by atoms with Crippen molar-refractivity contribution >= 4 is 17.6 Å². The minimum atomic E-state index is -0.226. The molecule has 0 saturated carbocycles. The number of carbonyl (C=O) groups excluding carboxylic acids is 2. The van der Waals surface area contributed by atoms with Crippen molar-refractivity contribution in [1.82, 2.24) is 14.9 Å². The normalized spacial score (nSPS) is 9.89. The molecule has 98 valence electrons. The van der Waals surface area contributed by atoms with E-state index in [1.54, 1.807) is 4.90 Å². The molecule has 0 radical (unpaired) electrons. The van der Waals surface area contributed by atoms with Crippen LogP contribution >= 0.6 is 0 Å². The van der Waals surface area contributed by atoms with E-state index >= 15 is 0 Å². The van der Waals surface area contributed by atoms with Crippen molar-refractivity contribution in [3.8, 4) is 0 Å². The van der Waals surface area contributed by atoms with Crippen molar-refractivity contribution < 1.29 is 9.59 Å². The van der Waals surface area contributed by atoms with Crippen LogP contribution in [0.15, 0.2) is 18.6 Å². The number of aromatic nitrogens is 2. The van der Waals surface area contributed by atoms with Gasteiger partial charge in [-0.3, -0.25) is 14.6 Å². The average Bonchev–Trinajstić information content (AvgIpc) is 2.39. The monoisotopic (exact) mass is 250 g/mol. The molecule has 0 unspecified atom stereocenters. The number of amides is 2. The summed E-state index contributed by atoms with van der Waals surface area (Å²) in [6, 6.07) is 0. The van der Waals surface area contributed by atoms with Crippen molar-refractivity contribution in [2.75, 3.05) is 18.4 Å². The topological polar surface area (TPSA) is 75.2 Å². The number of carbonyl (C=O) groups is 2. The van der Waals surface area contributed by atoms with E-state index in [0.717, 1.165) is 0 Å². The number of anilines is 1. The largest absolute Gasteiger partial charge is 0.343 e. The van der Waals surface area contributed by atoms with Crippen LogP contribution in [0.3, 0.4) is 0 Å². The maximum absolute atomic E-state index is 11.7. The Morgan fingerprint density at radius 1 is 1.22 bits per heavy atom. The predicted molar refractivity (Wildman–Crippen MR) is 67.8 cm³/mol. The zero-order valence-corrected chi connectivity index (χ0v) is 10.7. The first kappa shape index (κ1) is 14.1. The molecule has 18 heavy (non-hydrogen) atoms. The lowest BCUT2D eigenvalue weighted by Crippen LogP contribution is -2.31. The zero-order chi connectivity index (χ0) is 13.4. The molecular formula is C12H18N4O2. The highest BCUT2D eigenvalue weighted by molar-refractivity contribution is 5.92. The quantitative estimate of drug-likeness (QED) is 0.819. The van der Waals surface area contributed by atoms with E-state index in [1.165, 1.54) is 18.6 Å². The molecule has 0 aromatic carbocycles. The van der Waals surface area contributed by atoms with Gasteiger partial charge in [0.15, 0.2) is 5.82 Å². The van der Waals surface area contributed by atoms with Crippen molar-refractivity contribution in [2.24, 2.45) is 0 Å². The summed E-state index contributed by atoms with van der Waals surface area (Å²) >= 11 is 0. The summed E-state index contributed by atoms with van der Waals surface area (Å²) in [4.78, 5) is 32.7. The third kappa shape index (κ3) is 4.48. The summed E-state index contributed by atoms with van der Waals surface area (Å²) in [5.74, 6) is 0.170. The lowest BCUT2D eigenvalue weighted by molar-refractivity contribution is -0.132. The Labute approximate surface area is 106 Å². The van der Waals surface area contributed by atoms with Gasteiger partial charge in [0.2, 0.25) is 11.8 Å². The fraction of sp³-hybridized carbons (Fsp3) is 0.500. The van der Waals surface area contributed by atoms with Crippen molar-refractivity contribution in [2.45, 2.75) is 26.7 Å². The molecule has 0 aliphatic heterocycles. The molecule has 1 heterocycles. The first-order valence-electron chi connectivity index (χ1n) is 6.01. The van der Waals surface area contributed by atoms with E-state index in [0.29, 0.717) is 18.9 Å². The van der Waals surface area contributed by atoms with Crippen LogP contribution in [0.25, 0.3) is 0 Å². The van der Waals surface area contributed by atoms with Crippen LogP contribution in [-0.2, 0) is 9.59 Å². The molecule has 1 aromatic heterocycles. The molecule has 0 fully saturated rings. The van der Waals surface area contributed by atoms with Crippen LogP contribution in [0.1, 0.15) is 26.7 Å². The highest BCUT2D eigenvalue weighted by atomic mass is 16.2. The molecule has 0 saturated heterocycles. The van der Waals surface area contributed by atoms with Gasteiger partial charge < -0.3 is 10.2 Å². The van der Waals surface area contributed by atoms with E-state index in [-0.39, 0.29) is 24.7 Å². The highest BCUT2D eigenvalue weighted by Crippen LogP contribution is 2.02. The van der Waals surface area contributed by atoms with Gasteiger partial charge in [-0.2, -0.15) is 0 Å². The number of hydrogen-bond acceptors (Lipinski definition) is 4. The second-order valence-electron chi connectivity index (χ2n) is 3.70. The van der Waals surface area contributed by atoms with Gasteiger partial charge in [0.1, 0.15) is 0 Å². The Morgan fingerprint density at radius 2 is 1.94 bits per heavy atom. The van der Waals surface area contributed by atoms with Crippen LogP contribution in [0.2, 0.25) is 0 Å². The molecule has 0 aliphatic rings. The number of rotatable bonds is 6. The summed E-state index contributed by atoms with van der Waals surface area (Å²) in [5.41, 5.74) is 0. The smallest absolute Gasteiger partial charge is 0.226 e. The molecular weight excluding hydrogens is 232 g/mol. The van der Waals surface area contributed by atoms with E-state index < -0.39 is 0 Å². The van der Waals surface area contributed by atoms with E-state index in [2.05, 4.69) is 15.3 Å². The van der Waals surface area contributed by atoms with E-state index in [4.69, 9.17) is 0 Å². The average molecular weight is 250 g/mol. The van der Waals surface area contributed by atoms with Crippen molar-refractivity contribution in [3.63, 3.8) is 0 Å². The van der Waals surface area contributed by atoms with Gasteiger partial charge in [-0.25, -0.2) is 4.98 Å². The third-order valence-electron chi connectivity index (χ3n) is 2.51. The van der Waals surface area contributed by atoms with Gasteiger partial charge >= 0.3 is 0 Å². The first-order chi connectivity index (χ1) is 8.67. The molecule has 1 N–H and O–H groups in total. The van der Waals surface area contributed by atoms with Crippen molar-refractivity contribution in [3.05, 3.63) is 18.6 Å². The van der Waals surface area contributed by atoms with Crippen molar-refractivity contribution in [1.29, 1.82) is 0 Å². The van der Waals surface area contributed by atoms with E-state index in [1.807, 2.05) is 13.8 Å². The van der Waals surface area contributed by atoms with Gasteiger partial charge in [0.25, 0.3) is 0 Å². The Hall–Kier alpha value is -1.98. The Morgan fingerprint density at radius 3 is 2.50 bits per heavy atom. The van der Waals surface area contributed by atoms with Crippen LogP contribution in [-0.4, -0.2) is 39.8 Å². The second kappa shape index (κ2) is 7.37. The number of hydrogen-bond donors (Lipinski definition) is 1. The molecule has 6 nitrogen and oxygen atoms in total. The molecule has 6 heteroatoms. The number of nitrogens with zero attached hydrogens (tertiary/aromatic N) is 3. The predicted octanol–water partition coefficient (Wildman–Crippen LogP) is 1.06. The Balaban J connectivity index is 2.35.